The molecule has 1 aliphatic rings. The Morgan fingerprint density at radius 2 is 1.84 bits per heavy atom. The zero-order valence-electron chi connectivity index (χ0n) is 11.8. The lowest BCUT2D eigenvalue weighted by Gasteiger charge is -2.36. The highest BCUT2D eigenvalue weighted by atomic mass is 19.1. The van der Waals surface area contributed by atoms with Gasteiger partial charge in [0.1, 0.15) is 5.82 Å². The van der Waals surface area contributed by atoms with Gasteiger partial charge in [-0.25, -0.2) is 4.39 Å². The monoisotopic (exact) mass is 267 g/mol. The summed E-state index contributed by atoms with van der Waals surface area (Å²) in [6, 6.07) is 7.15. The van der Waals surface area contributed by atoms with Crippen molar-refractivity contribution in [3.8, 4) is 0 Å². The Morgan fingerprint density at radius 1 is 1.26 bits per heavy atom. The molecule has 1 aromatic rings. The summed E-state index contributed by atoms with van der Waals surface area (Å²) in [4.78, 5) is 0. The summed E-state index contributed by atoms with van der Waals surface area (Å²) in [6.45, 7) is 7.26. The Kier molecular flexibility index (Phi) is 4.55. The van der Waals surface area contributed by atoms with E-state index in [0.717, 1.165) is 12.0 Å². The van der Waals surface area contributed by atoms with Crippen LogP contribution in [0.1, 0.15) is 26.3 Å². The van der Waals surface area contributed by atoms with Crippen molar-refractivity contribution in [2.24, 2.45) is 0 Å². The zero-order valence-corrected chi connectivity index (χ0v) is 11.8. The van der Waals surface area contributed by atoms with Crippen molar-refractivity contribution in [1.29, 1.82) is 0 Å². The molecule has 1 saturated heterocycles. The third kappa shape index (κ3) is 4.56. The van der Waals surface area contributed by atoms with Crippen molar-refractivity contribution < 1.29 is 13.9 Å². The van der Waals surface area contributed by atoms with Crippen LogP contribution in [0.25, 0.3) is 0 Å². The summed E-state index contributed by atoms with van der Waals surface area (Å²) in [6.07, 6.45) is 0.861. The van der Waals surface area contributed by atoms with E-state index in [4.69, 9.17) is 9.47 Å². The molecule has 19 heavy (non-hydrogen) atoms. The van der Waals surface area contributed by atoms with Crippen LogP contribution in [0, 0.1) is 5.82 Å². The molecule has 1 unspecified atom stereocenters. The first-order valence-corrected chi connectivity index (χ1v) is 6.73. The van der Waals surface area contributed by atoms with Crippen molar-refractivity contribution in [3.63, 3.8) is 0 Å². The Hall–Kier alpha value is -0.970. The maximum atomic E-state index is 12.8. The molecule has 0 spiro atoms. The first kappa shape index (κ1) is 14.4. The smallest absolute Gasteiger partial charge is 0.162 e. The predicted molar refractivity (Wildman–Crippen MR) is 72.5 cm³/mol. The van der Waals surface area contributed by atoms with Crippen LogP contribution in [0.15, 0.2) is 24.3 Å². The van der Waals surface area contributed by atoms with Crippen LogP contribution in [0.3, 0.4) is 0 Å². The maximum Gasteiger partial charge on any atom is 0.162 e. The van der Waals surface area contributed by atoms with E-state index in [1.807, 2.05) is 26.0 Å². The minimum atomic E-state index is -0.474. The highest BCUT2D eigenvalue weighted by Crippen LogP contribution is 2.17. The second-order valence-corrected chi connectivity index (χ2v) is 5.62. The summed E-state index contributed by atoms with van der Waals surface area (Å²) >= 11 is 0. The summed E-state index contributed by atoms with van der Waals surface area (Å²) in [5.41, 5.74) is 1.12. The molecule has 4 heteroatoms. The average molecular weight is 267 g/mol. The van der Waals surface area contributed by atoms with E-state index in [0.29, 0.717) is 19.3 Å². The number of hydrogen-bond donors (Lipinski definition) is 1. The second-order valence-electron chi connectivity index (χ2n) is 5.62. The lowest BCUT2D eigenvalue weighted by Crippen LogP contribution is -2.51. The summed E-state index contributed by atoms with van der Waals surface area (Å²) in [7, 11) is 0. The number of rotatable bonds is 4. The van der Waals surface area contributed by atoms with E-state index in [2.05, 4.69) is 12.2 Å². The lowest BCUT2D eigenvalue weighted by atomic mass is 10.1. The van der Waals surface area contributed by atoms with Crippen LogP contribution in [-0.4, -0.2) is 31.1 Å². The maximum absolute atomic E-state index is 12.8. The van der Waals surface area contributed by atoms with Gasteiger partial charge in [0.25, 0.3) is 0 Å². The van der Waals surface area contributed by atoms with Crippen LogP contribution in [-0.2, 0) is 15.9 Å². The van der Waals surface area contributed by atoms with E-state index in [1.54, 1.807) is 0 Å². The molecule has 0 radical (unpaired) electrons. The zero-order chi connectivity index (χ0) is 13.9. The highest BCUT2D eigenvalue weighted by molar-refractivity contribution is 5.17. The Bertz CT molecular complexity index is 395. The normalized spacial score (nSPS) is 21.3. The molecule has 1 atom stereocenters. The minimum Gasteiger partial charge on any atom is -0.349 e. The fraction of sp³-hybridized carbons (Fsp3) is 0.600. The van der Waals surface area contributed by atoms with Crippen LogP contribution < -0.4 is 5.32 Å². The Morgan fingerprint density at radius 3 is 2.42 bits per heavy atom. The molecule has 2 rings (SSSR count). The van der Waals surface area contributed by atoms with Gasteiger partial charge < -0.3 is 14.8 Å². The Labute approximate surface area is 114 Å². The molecule has 1 aliphatic heterocycles. The second kappa shape index (κ2) is 5.99. The molecule has 0 aliphatic carbocycles. The molecule has 1 aromatic carbocycles. The SMILES string of the molecule is CC(Cc1ccc(F)cc1)NC1COC(C)(C)OC1. The standard InChI is InChI=1S/C15H22FNO2/c1-11(8-12-4-6-13(16)7-5-12)17-14-9-18-15(2,3)19-10-14/h4-7,11,14,17H,8-10H2,1-3H3. The fourth-order valence-corrected chi connectivity index (χ4v) is 2.22. The third-order valence-corrected chi connectivity index (χ3v) is 3.24. The first-order valence-electron chi connectivity index (χ1n) is 6.73. The number of nitrogens with one attached hydrogen (secondary N) is 1. The molecule has 0 saturated carbocycles. The number of benzene rings is 1. The third-order valence-electron chi connectivity index (χ3n) is 3.24. The van der Waals surface area contributed by atoms with Gasteiger partial charge in [-0.1, -0.05) is 12.1 Å². The summed E-state index contributed by atoms with van der Waals surface area (Å²) in [5.74, 6) is -0.668. The molecular weight excluding hydrogens is 245 g/mol. The summed E-state index contributed by atoms with van der Waals surface area (Å²) < 4.78 is 24.0. The number of halogens is 1. The van der Waals surface area contributed by atoms with E-state index in [9.17, 15) is 4.39 Å². The molecule has 3 nitrogen and oxygen atoms in total. The van der Waals surface area contributed by atoms with Crippen LogP contribution in [0.4, 0.5) is 4.39 Å². The van der Waals surface area contributed by atoms with Gasteiger partial charge in [0, 0.05) is 6.04 Å². The lowest BCUT2D eigenvalue weighted by molar-refractivity contribution is -0.253. The molecule has 0 aromatic heterocycles. The van der Waals surface area contributed by atoms with Gasteiger partial charge in [0.15, 0.2) is 5.79 Å². The van der Waals surface area contributed by atoms with Gasteiger partial charge in [-0.2, -0.15) is 0 Å². The van der Waals surface area contributed by atoms with Crippen LogP contribution in [0.5, 0.6) is 0 Å². The predicted octanol–water partition coefficient (Wildman–Crippen LogP) is 2.50. The highest BCUT2D eigenvalue weighted by Gasteiger charge is 2.28. The van der Waals surface area contributed by atoms with E-state index >= 15 is 0 Å². The number of ether oxygens (including phenoxy) is 2. The van der Waals surface area contributed by atoms with Crippen LogP contribution in [0.2, 0.25) is 0 Å². The van der Waals surface area contributed by atoms with Crippen LogP contribution >= 0.6 is 0 Å². The molecule has 106 valence electrons. The van der Waals surface area contributed by atoms with E-state index in [-0.39, 0.29) is 11.9 Å². The van der Waals surface area contributed by atoms with Gasteiger partial charge in [0.05, 0.1) is 19.3 Å². The van der Waals surface area contributed by atoms with Gasteiger partial charge >= 0.3 is 0 Å². The largest absolute Gasteiger partial charge is 0.349 e. The van der Waals surface area contributed by atoms with E-state index in [1.165, 1.54) is 12.1 Å². The van der Waals surface area contributed by atoms with Gasteiger partial charge in [-0.3, -0.25) is 0 Å². The molecule has 0 bridgehead atoms. The van der Waals surface area contributed by atoms with Crippen molar-refractivity contribution in [3.05, 3.63) is 35.6 Å². The first-order chi connectivity index (χ1) is 8.94. The van der Waals surface area contributed by atoms with E-state index < -0.39 is 5.79 Å². The molecule has 0 amide bonds. The molecule has 1 fully saturated rings. The van der Waals surface area contributed by atoms with Crippen molar-refractivity contribution >= 4 is 0 Å². The topological polar surface area (TPSA) is 30.5 Å². The minimum absolute atomic E-state index is 0.194. The molecule has 1 N–H and O–H groups in total. The molecule has 1 heterocycles. The molecular formula is C15H22FNO2. The van der Waals surface area contributed by atoms with Gasteiger partial charge in [0.2, 0.25) is 0 Å². The quantitative estimate of drug-likeness (QED) is 0.909. The van der Waals surface area contributed by atoms with Crippen molar-refractivity contribution in [1.82, 2.24) is 5.32 Å². The van der Waals surface area contributed by atoms with Crippen molar-refractivity contribution in [2.45, 2.75) is 45.1 Å². The average Bonchev–Trinajstić information content (AvgIpc) is 2.35. The summed E-state index contributed by atoms with van der Waals surface area (Å²) in [5, 5.41) is 3.48. The number of hydrogen-bond acceptors (Lipinski definition) is 3. The van der Waals surface area contributed by atoms with Crippen molar-refractivity contribution in [2.75, 3.05) is 13.2 Å². The van der Waals surface area contributed by atoms with Gasteiger partial charge in [-0.05, 0) is 44.9 Å². The fourth-order valence-electron chi connectivity index (χ4n) is 2.22. The Balaban J connectivity index is 1.78. The van der Waals surface area contributed by atoms with Gasteiger partial charge in [-0.15, -0.1) is 0 Å².